The molecule has 0 saturated carbocycles. The van der Waals surface area contributed by atoms with Crippen LogP contribution in [0.4, 0.5) is 18.9 Å². The molecule has 0 bridgehead atoms. The van der Waals surface area contributed by atoms with E-state index in [1.807, 2.05) is 0 Å². The van der Waals surface area contributed by atoms with Crippen LogP contribution in [0.25, 0.3) is 11.3 Å². The zero-order valence-corrected chi connectivity index (χ0v) is 15.2. The highest BCUT2D eigenvalue weighted by Crippen LogP contribution is 2.29. The van der Waals surface area contributed by atoms with Gasteiger partial charge in [0.2, 0.25) is 5.91 Å². The highest BCUT2D eigenvalue weighted by Gasteiger charge is 2.29. The summed E-state index contributed by atoms with van der Waals surface area (Å²) in [5.41, 5.74) is 0.633. The summed E-state index contributed by atoms with van der Waals surface area (Å²) in [7, 11) is 0. The first-order chi connectivity index (χ1) is 13.8. The van der Waals surface area contributed by atoms with E-state index in [1.54, 1.807) is 30.6 Å². The molecule has 1 amide bonds. The maximum Gasteiger partial charge on any atom is 0.416 e. The molecule has 2 aromatic heterocycles. The normalized spacial score (nSPS) is 11.3. The van der Waals surface area contributed by atoms with Gasteiger partial charge >= 0.3 is 6.18 Å². The van der Waals surface area contributed by atoms with E-state index in [0.29, 0.717) is 12.1 Å². The van der Waals surface area contributed by atoms with Crippen LogP contribution in [0.15, 0.2) is 65.7 Å². The fraction of sp³-hybridized carbons (Fsp3) is 0.200. The van der Waals surface area contributed by atoms with E-state index in [4.69, 9.17) is 0 Å². The number of aromatic nitrogens is 3. The zero-order valence-electron chi connectivity index (χ0n) is 15.2. The highest BCUT2D eigenvalue weighted by atomic mass is 19.4. The Morgan fingerprint density at radius 1 is 1.00 bits per heavy atom. The maximum atomic E-state index is 12.6. The Morgan fingerprint density at radius 2 is 1.69 bits per heavy atom. The molecule has 3 aromatic rings. The van der Waals surface area contributed by atoms with Gasteiger partial charge in [0.1, 0.15) is 0 Å². The first kappa shape index (κ1) is 20.2. The van der Waals surface area contributed by atoms with E-state index < -0.39 is 11.7 Å². The third kappa shape index (κ3) is 5.50. The van der Waals surface area contributed by atoms with Crippen LogP contribution in [-0.2, 0) is 17.5 Å². The van der Waals surface area contributed by atoms with Crippen LogP contribution < -0.4 is 10.9 Å². The van der Waals surface area contributed by atoms with Crippen molar-refractivity contribution in [3.63, 3.8) is 0 Å². The number of nitrogens with one attached hydrogen (secondary N) is 1. The molecule has 3 rings (SSSR count). The van der Waals surface area contributed by atoms with Crippen molar-refractivity contribution in [2.45, 2.75) is 25.6 Å². The summed E-state index contributed by atoms with van der Waals surface area (Å²) < 4.78 is 38.9. The number of alkyl halides is 3. The average molecular weight is 402 g/mol. The third-order valence-electron chi connectivity index (χ3n) is 4.11. The van der Waals surface area contributed by atoms with Gasteiger partial charge in [-0.2, -0.15) is 18.3 Å². The van der Waals surface area contributed by atoms with E-state index >= 15 is 0 Å². The van der Waals surface area contributed by atoms with Crippen LogP contribution in [0.5, 0.6) is 0 Å². The second-order valence-electron chi connectivity index (χ2n) is 6.24. The molecule has 0 atom stereocenters. The number of pyridine rings is 1. The monoisotopic (exact) mass is 402 g/mol. The van der Waals surface area contributed by atoms with Crippen molar-refractivity contribution in [2.75, 3.05) is 5.32 Å². The van der Waals surface area contributed by atoms with Crippen molar-refractivity contribution in [1.82, 2.24) is 14.8 Å². The molecule has 150 valence electrons. The van der Waals surface area contributed by atoms with Crippen LogP contribution in [0.2, 0.25) is 0 Å². The Hall–Kier alpha value is -3.49. The van der Waals surface area contributed by atoms with Gasteiger partial charge in [-0.25, -0.2) is 4.68 Å². The van der Waals surface area contributed by atoms with Gasteiger partial charge in [0.25, 0.3) is 5.56 Å². The predicted molar refractivity (Wildman–Crippen MR) is 101 cm³/mol. The molecule has 1 aromatic carbocycles. The number of rotatable bonds is 6. The molecule has 1 N–H and O–H groups in total. The summed E-state index contributed by atoms with van der Waals surface area (Å²) in [6, 6.07) is 10.8. The van der Waals surface area contributed by atoms with Gasteiger partial charge < -0.3 is 5.32 Å². The molecule has 9 heteroatoms. The average Bonchev–Trinajstić information content (AvgIpc) is 2.70. The zero-order chi connectivity index (χ0) is 20.9. The lowest BCUT2D eigenvalue weighted by Crippen LogP contribution is -2.23. The number of anilines is 1. The molecule has 0 aliphatic rings. The Labute approximate surface area is 164 Å². The Morgan fingerprint density at radius 3 is 2.34 bits per heavy atom. The number of aryl methyl sites for hydroxylation is 1. The standard InChI is InChI=1S/C20H17F3N4O2/c21-20(22,23)15-3-5-16(6-4-15)25-18(28)2-1-13-27-19(29)8-7-17(26-27)14-9-11-24-12-10-14/h3-12H,1-2,13H2,(H,25,28). The van der Waals surface area contributed by atoms with E-state index in [0.717, 1.165) is 17.7 Å². The van der Waals surface area contributed by atoms with Crippen molar-refractivity contribution in [2.24, 2.45) is 0 Å². The van der Waals surface area contributed by atoms with E-state index in [1.165, 1.54) is 22.9 Å². The van der Waals surface area contributed by atoms with Gasteiger partial charge in [0.05, 0.1) is 11.3 Å². The second kappa shape index (κ2) is 8.68. The predicted octanol–water partition coefficient (Wildman–Crippen LogP) is 3.74. The molecule has 0 radical (unpaired) electrons. The van der Waals surface area contributed by atoms with Crippen molar-refractivity contribution in [3.8, 4) is 11.3 Å². The first-order valence-electron chi connectivity index (χ1n) is 8.78. The maximum absolute atomic E-state index is 12.6. The topological polar surface area (TPSA) is 76.9 Å². The summed E-state index contributed by atoms with van der Waals surface area (Å²) in [5, 5.41) is 6.83. The number of carbonyl (C=O) groups excluding carboxylic acids is 1. The summed E-state index contributed by atoms with van der Waals surface area (Å²) >= 11 is 0. The molecule has 0 saturated heterocycles. The molecular weight excluding hydrogens is 385 g/mol. The van der Waals surface area contributed by atoms with Crippen LogP contribution >= 0.6 is 0 Å². The number of amides is 1. The van der Waals surface area contributed by atoms with Crippen LogP contribution in [0, 0.1) is 0 Å². The van der Waals surface area contributed by atoms with Crippen LogP contribution in [0.3, 0.4) is 0 Å². The lowest BCUT2D eigenvalue weighted by Gasteiger charge is -2.09. The summed E-state index contributed by atoms with van der Waals surface area (Å²) in [4.78, 5) is 27.9. The van der Waals surface area contributed by atoms with E-state index in [9.17, 15) is 22.8 Å². The summed E-state index contributed by atoms with van der Waals surface area (Å²) in [5.74, 6) is -0.358. The van der Waals surface area contributed by atoms with Crippen LogP contribution in [0.1, 0.15) is 18.4 Å². The van der Waals surface area contributed by atoms with Gasteiger partial charge in [-0.15, -0.1) is 0 Å². The number of halogens is 3. The van der Waals surface area contributed by atoms with Crippen molar-refractivity contribution >= 4 is 11.6 Å². The molecule has 0 fully saturated rings. The highest BCUT2D eigenvalue weighted by molar-refractivity contribution is 5.90. The second-order valence-corrected chi connectivity index (χ2v) is 6.24. The summed E-state index contributed by atoms with van der Waals surface area (Å²) in [6.07, 6.45) is -0.739. The van der Waals surface area contributed by atoms with Gasteiger partial charge in [-0.3, -0.25) is 14.6 Å². The minimum absolute atomic E-state index is 0.0919. The Kier molecular flexibility index (Phi) is 6.06. The fourth-order valence-electron chi connectivity index (χ4n) is 2.64. The molecular formula is C20H17F3N4O2. The largest absolute Gasteiger partial charge is 0.416 e. The van der Waals surface area contributed by atoms with Crippen molar-refractivity contribution in [3.05, 3.63) is 76.8 Å². The van der Waals surface area contributed by atoms with Crippen LogP contribution in [-0.4, -0.2) is 20.7 Å². The van der Waals surface area contributed by atoms with Crippen molar-refractivity contribution in [1.29, 1.82) is 0 Å². The lowest BCUT2D eigenvalue weighted by molar-refractivity contribution is -0.137. The van der Waals surface area contributed by atoms with Gasteiger partial charge in [-0.1, -0.05) is 0 Å². The number of carbonyl (C=O) groups is 1. The summed E-state index contributed by atoms with van der Waals surface area (Å²) in [6.45, 7) is 0.234. The van der Waals surface area contributed by atoms with Crippen molar-refractivity contribution < 1.29 is 18.0 Å². The van der Waals surface area contributed by atoms with Gasteiger partial charge in [0.15, 0.2) is 0 Å². The third-order valence-corrected chi connectivity index (χ3v) is 4.11. The Balaban J connectivity index is 1.56. The number of nitrogens with zero attached hydrogens (tertiary/aromatic N) is 3. The molecule has 0 spiro atoms. The molecule has 0 aliphatic heterocycles. The quantitative estimate of drug-likeness (QED) is 0.681. The molecule has 2 heterocycles. The Bertz CT molecular complexity index is 1030. The molecule has 29 heavy (non-hydrogen) atoms. The van der Waals surface area contributed by atoms with Gasteiger partial charge in [-0.05, 0) is 48.9 Å². The smallest absolute Gasteiger partial charge is 0.326 e. The number of hydrogen-bond donors (Lipinski definition) is 1. The van der Waals surface area contributed by atoms with Gasteiger partial charge in [0, 0.05) is 42.7 Å². The van der Waals surface area contributed by atoms with E-state index in [2.05, 4.69) is 15.4 Å². The first-order valence-corrected chi connectivity index (χ1v) is 8.78. The molecule has 0 unspecified atom stereocenters. The molecule has 0 aliphatic carbocycles. The fourth-order valence-corrected chi connectivity index (χ4v) is 2.64. The lowest BCUT2D eigenvalue weighted by atomic mass is 10.2. The number of hydrogen-bond acceptors (Lipinski definition) is 4. The molecule has 6 nitrogen and oxygen atoms in total. The minimum atomic E-state index is -4.42. The SMILES string of the molecule is O=C(CCCn1nc(-c2ccncc2)ccc1=O)Nc1ccc(C(F)(F)F)cc1. The minimum Gasteiger partial charge on any atom is -0.326 e. The van der Waals surface area contributed by atoms with E-state index in [-0.39, 0.29) is 30.1 Å². The number of benzene rings is 1.